The van der Waals surface area contributed by atoms with Crippen LogP contribution in [0.15, 0.2) is 30.6 Å². The van der Waals surface area contributed by atoms with Gasteiger partial charge in [-0.2, -0.15) is 13.2 Å². The first-order valence-corrected chi connectivity index (χ1v) is 8.08. The zero-order valence-electron chi connectivity index (χ0n) is 13.9. The molecule has 2 atom stereocenters. The Kier molecular flexibility index (Phi) is 5.36. The number of alkyl halides is 4. The van der Waals surface area contributed by atoms with Gasteiger partial charge in [0.1, 0.15) is 18.0 Å². The third-order valence-corrected chi connectivity index (χ3v) is 4.09. The van der Waals surface area contributed by atoms with E-state index in [2.05, 4.69) is 20.6 Å². The second-order valence-corrected chi connectivity index (χ2v) is 6.09. The first kappa shape index (κ1) is 19.2. The monoisotopic (exact) mass is 386 g/mol. The highest BCUT2D eigenvalue weighted by atomic mass is 19.4. The van der Waals surface area contributed by atoms with E-state index in [9.17, 15) is 26.7 Å². The van der Waals surface area contributed by atoms with Crippen molar-refractivity contribution in [2.75, 3.05) is 6.54 Å². The highest BCUT2D eigenvalue weighted by Gasteiger charge is 2.33. The van der Waals surface area contributed by atoms with Crippen molar-refractivity contribution >= 4 is 5.91 Å². The minimum atomic E-state index is -4.62. The van der Waals surface area contributed by atoms with Crippen LogP contribution in [0.1, 0.15) is 17.7 Å². The van der Waals surface area contributed by atoms with Crippen LogP contribution in [0.4, 0.5) is 22.0 Å². The van der Waals surface area contributed by atoms with E-state index in [0.29, 0.717) is 18.3 Å². The fourth-order valence-corrected chi connectivity index (χ4v) is 2.75. The van der Waals surface area contributed by atoms with Gasteiger partial charge in [-0.1, -0.05) is 0 Å². The Morgan fingerprint density at radius 1 is 1.22 bits per heavy atom. The maximum atomic E-state index is 13.9. The maximum Gasteiger partial charge on any atom is 0.434 e. The summed E-state index contributed by atoms with van der Waals surface area (Å²) in [5.74, 6) is -1.19. The second kappa shape index (κ2) is 7.55. The van der Waals surface area contributed by atoms with Crippen molar-refractivity contribution < 1.29 is 26.7 Å². The van der Waals surface area contributed by atoms with Crippen molar-refractivity contribution in [3.8, 4) is 11.3 Å². The summed E-state index contributed by atoms with van der Waals surface area (Å²) in [4.78, 5) is 18.9. The van der Waals surface area contributed by atoms with Crippen LogP contribution in [-0.2, 0) is 17.5 Å². The van der Waals surface area contributed by atoms with Crippen molar-refractivity contribution in [3.63, 3.8) is 0 Å². The van der Waals surface area contributed by atoms with E-state index >= 15 is 0 Å². The minimum Gasteiger partial charge on any atom is -0.351 e. The lowest BCUT2D eigenvalue weighted by molar-refractivity contribution is -0.141. The molecule has 0 radical (unpaired) electrons. The number of halogens is 5. The molecule has 2 aromatic rings. The van der Waals surface area contributed by atoms with E-state index in [4.69, 9.17) is 0 Å². The third kappa shape index (κ3) is 4.57. The number of aromatic nitrogens is 2. The highest BCUT2D eigenvalue weighted by molar-refractivity contribution is 5.82. The maximum absolute atomic E-state index is 13.9. The molecule has 5 nitrogen and oxygen atoms in total. The van der Waals surface area contributed by atoms with E-state index in [1.807, 2.05) is 0 Å². The van der Waals surface area contributed by atoms with Gasteiger partial charge in [0.15, 0.2) is 5.69 Å². The van der Waals surface area contributed by atoms with Gasteiger partial charge < -0.3 is 10.6 Å². The number of rotatable bonds is 4. The first-order valence-electron chi connectivity index (χ1n) is 8.08. The quantitative estimate of drug-likeness (QED) is 0.793. The number of benzene rings is 1. The van der Waals surface area contributed by atoms with Crippen LogP contribution < -0.4 is 10.6 Å². The van der Waals surface area contributed by atoms with E-state index in [1.54, 1.807) is 0 Å². The zero-order valence-corrected chi connectivity index (χ0v) is 13.9. The molecule has 10 heteroatoms. The molecule has 27 heavy (non-hydrogen) atoms. The Morgan fingerprint density at radius 3 is 2.59 bits per heavy atom. The van der Waals surface area contributed by atoms with Gasteiger partial charge >= 0.3 is 6.18 Å². The number of hydrogen-bond donors (Lipinski definition) is 2. The predicted molar refractivity (Wildman–Crippen MR) is 85.6 cm³/mol. The molecule has 0 aliphatic carbocycles. The largest absolute Gasteiger partial charge is 0.434 e. The number of amides is 1. The summed E-state index contributed by atoms with van der Waals surface area (Å²) in [5.41, 5.74) is -0.535. The molecule has 0 saturated carbocycles. The molecule has 1 amide bonds. The van der Waals surface area contributed by atoms with Gasteiger partial charge in [0.05, 0.1) is 18.1 Å². The summed E-state index contributed by atoms with van der Waals surface area (Å²) in [6.07, 6.45) is -4.19. The second-order valence-electron chi connectivity index (χ2n) is 6.09. The summed E-state index contributed by atoms with van der Waals surface area (Å²) in [7, 11) is 0. The molecule has 3 rings (SSSR count). The molecular formula is C17H15F5N4O. The summed E-state index contributed by atoms with van der Waals surface area (Å²) >= 11 is 0. The van der Waals surface area contributed by atoms with Crippen molar-refractivity contribution in [1.82, 2.24) is 20.6 Å². The smallest absolute Gasteiger partial charge is 0.351 e. The molecule has 1 aliphatic rings. The van der Waals surface area contributed by atoms with Crippen LogP contribution in [0.5, 0.6) is 0 Å². The van der Waals surface area contributed by atoms with Crippen LogP contribution in [0.25, 0.3) is 11.3 Å². The van der Waals surface area contributed by atoms with Gasteiger partial charge in [-0.05, 0) is 36.7 Å². The first-order chi connectivity index (χ1) is 12.7. The van der Waals surface area contributed by atoms with Crippen molar-refractivity contribution in [2.45, 2.75) is 31.4 Å². The molecule has 0 bridgehead atoms. The Morgan fingerprint density at radius 2 is 2.00 bits per heavy atom. The van der Waals surface area contributed by atoms with Crippen LogP contribution in [0, 0.1) is 5.82 Å². The van der Waals surface area contributed by atoms with Crippen LogP contribution in [-0.4, -0.2) is 34.6 Å². The summed E-state index contributed by atoms with van der Waals surface area (Å²) in [6, 6.07) is 2.78. The SMILES string of the molecule is O=C(NCc1cc(F)cc(-c2cnc(C(F)(F)F)cn2)c1)C1NCCC1F. The van der Waals surface area contributed by atoms with E-state index < -0.39 is 35.8 Å². The Bertz CT molecular complexity index is 825. The van der Waals surface area contributed by atoms with E-state index in [0.717, 1.165) is 18.3 Å². The lowest BCUT2D eigenvalue weighted by Gasteiger charge is -2.14. The number of hydrogen-bond acceptors (Lipinski definition) is 4. The third-order valence-electron chi connectivity index (χ3n) is 4.09. The number of nitrogens with zero attached hydrogens (tertiary/aromatic N) is 2. The fourth-order valence-electron chi connectivity index (χ4n) is 2.75. The predicted octanol–water partition coefficient (Wildman–Crippen LogP) is 2.62. The van der Waals surface area contributed by atoms with Gasteiger partial charge in [-0.15, -0.1) is 0 Å². The molecule has 1 saturated heterocycles. The molecule has 2 N–H and O–H groups in total. The Balaban J connectivity index is 1.73. The standard InChI is InChI=1S/C17H15F5N4O/c18-11-4-9(6-26-16(27)15-12(19)1-2-23-15)3-10(5-11)13-7-25-14(8-24-13)17(20,21)22/h3-5,7-8,12,15,23H,1-2,6H2,(H,26,27). The van der Waals surface area contributed by atoms with Gasteiger partial charge in [-0.3, -0.25) is 9.78 Å². The van der Waals surface area contributed by atoms with E-state index in [1.165, 1.54) is 6.07 Å². The molecule has 2 heterocycles. The molecule has 2 unspecified atom stereocenters. The topological polar surface area (TPSA) is 66.9 Å². The van der Waals surface area contributed by atoms with Gasteiger partial charge in [0.25, 0.3) is 0 Å². The highest BCUT2D eigenvalue weighted by Crippen LogP contribution is 2.28. The molecule has 144 valence electrons. The normalized spacial score (nSPS) is 19.9. The van der Waals surface area contributed by atoms with Crippen molar-refractivity contribution in [2.24, 2.45) is 0 Å². The number of carbonyl (C=O) groups is 1. The van der Waals surface area contributed by atoms with Gasteiger partial charge in [-0.25, -0.2) is 13.8 Å². The molecule has 0 spiro atoms. The van der Waals surface area contributed by atoms with Crippen molar-refractivity contribution in [1.29, 1.82) is 0 Å². The summed E-state index contributed by atoms with van der Waals surface area (Å²) in [5, 5.41) is 5.25. The number of carbonyl (C=O) groups excluding carboxylic acids is 1. The van der Waals surface area contributed by atoms with Crippen LogP contribution in [0.2, 0.25) is 0 Å². The average molecular weight is 386 g/mol. The van der Waals surface area contributed by atoms with E-state index in [-0.39, 0.29) is 24.2 Å². The molecule has 1 aliphatic heterocycles. The minimum absolute atomic E-state index is 0.0522. The molecular weight excluding hydrogens is 371 g/mol. The molecule has 1 fully saturated rings. The Labute approximate surface area is 151 Å². The molecule has 1 aromatic carbocycles. The lowest BCUT2D eigenvalue weighted by atomic mass is 10.1. The molecule has 1 aromatic heterocycles. The van der Waals surface area contributed by atoms with Gasteiger partial charge in [0.2, 0.25) is 5.91 Å². The average Bonchev–Trinajstić information content (AvgIpc) is 3.05. The number of nitrogens with one attached hydrogen (secondary N) is 2. The lowest BCUT2D eigenvalue weighted by Crippen LogP contribution is -2.44. The van der Waals surface area contributed by atoms with Crippen LogP contribution in [0.3, 0.4) is 0 Å². The summed E-state index contributed by atoms with van der Waals surface area (Å²) in [6.45, 7) is 0.332. The Hall–Kier alpha value is -2.62. The fraction of sp³-hybridized carbons (Fsp3) is 0.353. The van der Waals surface area contributed by atoms with Crippen molar-refractivity contribution in [3.05, 3.63) is 47.7 Å². The van der Waals surface area contributed by atoms with Gasteiger partial charge in [0, 0.05) is 12.1 Å². The zero-order chi connectivity index (χ0) is 19.6. The summed E-state index contributed by atoms with van der Waals surface area (Å²) < 4.78 is 65.0. The van der Waals surface area contributed by atoms with Crippen LogP contribution >= 0.6 is 0 Å².